The fourth-order valence-corrected chi connectivity index (χ4v) is 2.44. The van der Waals surface area contributed by atoms with E-state index >= 15 is 0 Å². The molecule has 0 bridgehead atoms. The number of amides is 2. The number of carbonyl (C=O) groups is 2. The van der Waals surface area contributed by atoms with E-state index in [4.69, 9.17) is 10.2 Å². The summed E-state index contributed by atoms with van der Waals surface area (Å²) < 4.78 is 0. The molecule has 122 valence electrons. The van der Waals surface area contributed by atoms with Crippen LogP contribution in [0.3, 0.4) is 0 Å². The molecule has 0 spiro atoms. The van der Waals surface area contributed by atoms with Crippen molar-refractivity contribution < 1.29 is 19.8 Å². The fourth-order valence-electron chi connectivity index (χ4n) is 2.44. The van der Waals surface area contributed by atoms with Crippen LogP contribution in [-0.4, -0.2) is 52.9 Å². The zero-order chi connectivity index (χ0) is 15.5. The van der Waals surface area contributed by atoms with E-state index in [1.165, 1.54) is 6.42 Å². The first-order valence-electron chi connectivity index (χ1n) is 8.02. The minimum Gasteiger partial charge on any atom is -0.481 e. The zero-order valence-corrected chi connectivity index (χ0v) is 12.7. The molecule has 1 saturated carbocycles. The van der Waals surface area contributed by atoms with Gasteiger partial charge in [0.25, 0.3) is 0 Å². The van der Waals surface area contributed by atoms with E-state index in [1.54, 1.807) is 0 Å². The molecule has 0 saturated heterocycles. The van der Waals surface area contributed by atoms with Crippen molar-refractivity contribution in [3.63, 3.8) is 0 Å². The van der Waals surface area contributed by atoms with Crippen LogP contribution in [0.1, 0.15) is 57.8 Å². The molecule has 0 atom stereocenters. The van der Waals surface area contributed by atoms with Gasteiger partial charge in [0.1, 0.15) is 0 Å². The zero-order valence-electron chi connectivity index (χ0n) is 12.7. The number of carboxylic acids is 1. The van der Waals surface area contributed by atoms with Gasteiger partial charge >= 0.3 is 12.0 Å². The van der Waals surface area contributed by atoms with Crippen molar-refractivity contribution in [1.29, 1.82) is 0 Å². The first kappa shape index (κ1) is 17.8. The highest BCUT2D eigenvalue weighted by molar-refractivity contribution is 5.74. The molecule has 3 N–H and O–H groups in total. The maximum absolute atomic E-state index is 12.1. The van der Waals surface area contributed by atoms with Crippen LogP contribution in [0.5, 0.6) is 0 Å². The van der Waals surface area contributed by atoms with E-state index in [-0.39, 0.29) is 19.1 Å². The molecule has 1 aliphatic rings. The maximum atomic E-state index is 12.1. The monoisotopic (exact) mass is 300 g/mol. The summed E-state index contributed by atoms with van der Waals surface area (Å²) in [7, 11) is 0. The van der Waals surface area contributed by atoms with Crippen molar-refractivity contribution in [1.82, 2.24) is 10.2 Å². The van der Waals surface area contributed by atoms with Crippen LogP contribution in [0, 0.1) is 0 Å². The van der Waals surface area contributed by atoms with Gasteiger partial charge in [0.05, 0.1) is 0 Å². The van der Waals surface area contributed by atoms with Gasteiger partial charge in [-0.1, -0.05) is 12.8 Å². The van der Waals surface area contributed by atoms with Crippen molar-refractivity contribution in [2.24, 2.45) is 0 Å². The van der Waals surface area contributed by atoms with E-state index in [9.17, 15) is 9.59 Å². The number of carboxylic acid groups (broad SMARTS) is 1. The fraction of sp³-hybridized carbons (Fsp3) is 0.867. The first-order chi connectivity index (χ1) is 10.1. The predicted molar refractivity (Wildman–Crippen MR) is 80.2 cm³/mol. The van der Waals surface area contributed by atoms with Gasteiger partial charge in [-0.15, -0.1) is 0 Å². The van der Waals surface area contributed by atoms with Crippen molar-refractivity contribution in [2.45, 2.75) is 63.8 Å². The summed E-state index contributed by atoms with van der Waals surface area (Å²) in [6.45, 7) is 1.36. The van der Waals surface area contributed by atoms with Gasteiger partial charge in [-0.2, -0.15) is 0 Å². The highest BCUT2D eigenvalue weighted by Crippen LogP contribution is 2.24. The molecule has 1 rings (SSSR count). The lowest BCUT2D eigenvalue weighted by molar-refractivity contribution is -0.137. The lowest BCUT2D eigenvalue weighted by atomic mass is 9.91. The molecule has 21 heavy (non-hydrogen) atoms. The summed E-state index contributed by atoms with van der Waals surface area (Å²) in [5.41, 5.74) is 0. The molecule has 0 unspecified atom stereocenters. The predicted octanol–water partition coefficient (Wildman–Crippen LogP) is 1.97. The highest BCUT2D eigenvalue weighted by Gasteiger charge is 2.27. The Morgan fingerprint density at radius 1 is 1.10 bits per heavy atom. The summed E-state index contributed by atoms with van der Waals surface area (Å²) in [6, 6.07) is 0.311. The number of aliphatic hydroxyl groups is 1. The third-order valence-electron chi connectivity index (χ3n) is 3.93. The van der Waals surface area contributed by atoms with Crippen molar-refractivity contribution in [3.05, 3.63) is 0 Å². The molecule has 0 aromatic rings. The number of unbranched alkanes of at least 4 members (excludes halogenated alkanes) is 3. The van der Waals surface area contributed by atoms with E-state index in [0.29, 0.717) is 32.0 Å². The summed E-state index contributed by atoms with van der Waals surface area (Å²) in [5, 5.41) is 20.4. The molecule has 6 nitrogen and oxygen atoms in total. The van der Waals surface area contributed by atoms with E-state index in [1.807, 2.05) is 4.90 Å². The third kappa shape index (κ3) is 7.32. The Morgan fingerprint density at radius 2 is 1.81 bits per heavy atom. The molecule has 0 aromatic heterocycles. The van der Waals surface area contributed by atoms with Gasteiger partial charge in [-0.3, -0.25) is 4.79 Å². The summed E-state index contributed by atoms with van der Waals surface area (Å²) in [6.07, 6.45) is 7.56. The topological polar surface area (TPSA) is 89.9 Å². The normalized spacial score (nSPS) is 14.5. The van der Waals surface area contributed by atoms with E-state index in [0.717, 1.165) is 32.1 Å². The number of nitrogens with one attached hydrogen (secondary N) is 1. The summed E-state index contributed by atoms with van der Waals surface area (Å²) >= 11 is 0. The molecular formula is C15H28N2O4. The average molecular weight is 300 g/mol. The molecule has 0 aromatic carbocycles. The molecule has 0 aliphatic heterocycles. The Morgan fingerprint density at radius 3 is 2.38 bits per heavy atom. The lowest BCUT2D eigenvalue weighted by Crippen LogP contribution is -2.49. The second-order valence-corrected chi connectivity index (χ2v) is 5.65. The molecule has 1 fully saturated rings. The Hall–Kier alpha value is -1.30. The van der Waals surface area contributed by atoms with Crippen LogP contribution >= 0.6 is 0 Å². The molecular weight excluding hydrogens is 272 g/mol. The lowest BCUT2D eigenvalue weighted by Gasteiger charge is -2.37. The van der Waals surface area contributed by atoms with Gasteiger partial charge in [-0.25, -0.2) is 4.79 Å². The standard InChI is InChI=1S/C15H28N2O4/c18-12-6-11-17(13-7-5-8-13)15(21)16-10-4-2-1-3-9-14(19)20/h13,18H,1-12H2,(H,16,21)(H,19,20). The Kier molecular flexibility index (Phi) is 8.82. The van der Waals surface area contributed by atoms with Gasteiger partial charge in [0.2, 0.25) is 0 Å². The molecule has 0 heterocycles. The van der Waals surface area contributed by atoms with Crippen molar-refractivity contribution in [2.75, 3.05) is 19.7 Å². The van der Waals surface area contributed by atoms with Crippen LogP contribution in [0.15, 0.2) is 0 Å². The minimum absolute atomic E-state index is 0.0290. The number of hydrogen-bond donors (Lipinski definition) is 3. The van der Waals surface area contributed by atoms with Crippen LogP contribution in [0.25, 0.3) is 0 Å². The van der Waals surface area contributed by atoms with E-state index in [2.05, 4.69) is 5.32 Å². The van der Waals surface area contributed by atoms with Crippen LogP contribution in [0.4, 0.5) is 4.79 Å². The number of carbonyl (C=O) groups excluding carboxylic acids is 1. The summed E-state index contributed by atoms with van der Waals surface area (Å²) in [5.74, 6) is -0.747. The SMILES string of the molecule is O=C(O)CCCCCCNC(=O)N(CCCO)C1CCC1. The second-order valence-electron chi connectivity index (χ2n) is 5.65. The summed E-state index contributed by atoms with van der Waals surface area (Å²) in [4.78, 5) is 24.3. The van der Waals surface area contributed by atoms with Crippen molar-refractivity contribution in [3.8, 4) is 0 Å². The first-order valence-corrected chi connectivity index (χ1v) is 8.02. The molecule has 1 aliphatic carbocycles. The Labute approximate surface area is 126 Å². The van der Waals surface area contributed by atoms with Gasteiger partial charge in [0, 0.05) is 32.2 Å². The number of urea groups is 1. The molecule has 0 radical (unpaired) electrons. The quantitative estimate of drug-likeness (QED) is 0.509. The second kappa shape index (κ2) is 10.4. The maximum Gasteiger partial charge on any atom is 0.317 e. The smallest absolute Gasteiger partial charge is 0.317 e. The molecule has 2 amide bonds. The Balaban J connectivity index is 2.10. The van der Waals surface area contributed by atoms with Crippen molar-refractivity contribution >= 4 is 12.0 Å². The third-order valence-corrected chi connectivity index (χ3v) is 3.93. The average Bonchev–Trinajstić information content (AvgIpc) is 2.39. The van der Waals surface area contributed by atoms with Crippen LogP contribution in [0.2, 0.25) is 0 Å². The highest BCUT2D eigenvalue weighted by atomic mass is 16.4. The molecule has 6 heteroatoms. The Bertz CT molecular complexity index is 319. The largest absolute Gasteiger partial charge is 0.481 e. The number of nitrogens with zero attached hydrogens (tertiary/aromatic N) is 1. The van der Waals surface area contributed by atoms with Gasteiger partial charge in [0.15, 0.2) is 0 Å². The number of aliphatic hydroxyl groups excluding tert-OH is 1. The van der Waals surface area contributed by atoms with Gasteiger partial charge in [-0.05, 0) is 38.5 Å². The minimum atomic E-state index is -0.747. The van der Waals surface area contributed by atoms with Crippen LogP contribution < -0.4 is 5.32 Å². The van der Waals surface area contributed by atoms with E-state index < -0.39 is 5.97 Å². The van der Waals surface area contributed by atoms with Crippen LogP contribution in [-0.2, 0) is 4.79 Å². The van der Waals surface area contributed by atoms with Gasteiger partial charge < -0.3 is 20.4 Å². The number of hydrogen-bond acceptors (Lipinski definition) is 3. The number of aliphatic carboxylic acids is 1. The number of rotatable bonds is 11.